The molecule has 1 saturated heterocycles. The predicted octanol–water partition coefficient (Wildman–Crippen LogP) is 3.85. The van der Waals surface area contributed by atoms with Crippen LogP contribution in [0.25, 0.3) is 0 Å². The van der Waals surface area contributed by atoms with Crippen molar-refractivity contribution in [2.24, 2.45) is 0 Å². The standard InChI is InChI=1S/C18H27NO3/c1-12(2)14-8-6-7-9-15(14)16-10-13(20)11-19(16)17(21)22-18(3,4)5/h6-9,12-13,16,20H,10-11H2,1-5H3/t13-,16+/m1/s1. The van der Waals surface area contributed by atoms with Gasteiger partial charge in [0.05, 0.1) is 18.7 Å². The van der Waals surface area contributed by atoms with E-state index in [1.165, 1.54) is 5.56 Å². The number of rotatable bonds is 2. The Morgan fingerprint density at radius 2 is 1.95 bits per heavy atom. The van der Waals surface area contributed by atoms with E-state index in [0.717, 1.165) is 5.56 Å². The molecule has 0 saturated carbocycles. The molecule has 2 atom stereocenters. The van der Waals surface area contributed by atoms with Gasteiger partial charge in [-0.15, -0.1) is 0 Å². The molecule has 2 rings (SSSR count). The molecule has 1 aliphatic heterocycles. The molecule has 4 nitrogen and oxygen atoms in total. The van der Waals surface area contributed by atoms with E-state index >= 15 is 0 Å². The van der Waals surface area contributed by atoms with Crippen molar-refractivity contribution in [1.29, 1.82) is 0 Å². The number of β-amino-alcohol motifs (C(OH)–C–C–N with tert-alkyl or cyclic N) is 1. The molecule has 22 heavy (non-hydrogen) atoms. The Balaban J connectivity index is 2.30. The fraction of sp³-hybridized carbons (Fsp3) is 0.611. The van der Waals surface area contributed by atoms with Crippen LogP contribution in [-0.2, 0) is 4.74 Å². The van der Waals surface area contributed by atoms with Crippen molar-refractivity contribution in [3.05, 3.63) is 35.4 Å². The molecule has 1 aliphatic rings. The topological polar surface area (TPSA) is 49.8 Å². The second kappa shape index (κ2) is 6.29. The number of carbonyl (C=O) groups is 1. The zero-order valence-corrected chi connectivity index (χ0v) is 14.2. The molecule has 4 heteroatoms. The number of hydrogen-bond acceptors (Lipinski definition) is 3. The molecule has 0 aliphatic carbocycles. The third-order valence-corrected chi connectivity index (χ3v) is 3.88. The molecule has 122 valence electrons. The van der Waals surface area contributed by atoms with Gasteiger partial charge in [0.15, 0.2) is 0 Å². The lowest BCUT2D eigenvalue weighted by Crippen LogP contribution is -2.37. The summed E-state index contributed by atoms with van der Waals surface area (Å²) in [6.07, 6.45) is -0.298. The monoisotopic (exact) mass is 305 g/mol. The maximum absolute atomic E-state index is 12.5. The molecule has 1 amide bonds. The molecule has 0 radical (unpaired) electrons. The lowest BCUT2D eigenvalue weighted by atomic mass is 9.91. The second-order valence-electron chi connectivity index (χ2n) is 7.32. The van der Waals surface area contributed by atoms with Gasteiger partial charge in [0.25, 0.3) is 0 Å². The summed E-state index contributed by atoms with van der Waals surface area (Å²) < 4.78 is 5.50. The third-order valence-electron chi connectivity index (χ3n) is 3.88. The number of aliphatic hydroxyl groups is 1. The van der Waals surface area contributed by atoms with E-state index in [4.69, 9.17) is 4.74 Å². The summed E-state index contributed by atoms with van der Waals surface area (Å²) >= 11 is 0. The van der Waals surface area contributed by atoms with Crippen molar-refractivity contribution in [2.45, 2.75) is 64.7 Å². The minimum Gasteiger partial charge on any atom is -0.444 e. The summed E-state index contributed by atoms with van der Waals surface area (Å²) in [5, 5.41) is 10.1. The van der Waals surface area contributed by atoms with Gasteiger partial charge in [-0.05, 0) is 44.2 Å². The van der Waals surface area contributed by atoms with Crippen molar-refractivity contribution >= 4 is 6.09 Å². The quantitative estimate of drug-likeness (QED) is 0.903. The number of aliphatic hydroxyl groups excluding tert-OH is 1. The van der Waals surface area contributed by atoms with Gasteiger partial charge < -0.3 is 9.84 Å². The van der Waals surface area contributed by atoms with Gasteiger partial charge in [0, 0.05) is 0 Å². The van der Waals surface area contributed by atoms with Crippen LogP contribution in [0, 0.1) is 0 Å². The van der Waals surface area contributed by atoms with Gasteiger partial charge in [-0.1, -0.05) is 38.1 Å². The zero-order chi connectivity index (χ0) is 16.5. The first-order valence-corrected chi connectivity index (χ1v) is 7.95. The zero-order valence-electron chi connectivity index (χ0n) is 14.2. The second-order valence-corrected chi connectivity index (χ2v) is 7.32. The fourth-order valence-corrected chi connectivity index (χ4v) is 2.97. The first kappa shape index (κ1) is 16.8. The summed E-state index contributed by atoms with van der Waals surface area (Å²) in [5.41, 5.74) is 1.79. The summed E-state index contributed by atoms with van der Waals surface area (Å²) in [5.74, 6) is 0.370. The highest BCUT2D eigenvalue weighted by Crippen LogP contribution is 2.37. The molecule has 1 aromatic rings. The average molecular weight is 305 g/mol. The minimum atomic E-state index is -0.535. The Morgan fingerprint density at radius 1 is 1.32 bits per heavy atom. The Hall–Kier alpha value is -1.55. The minimum absolute atomic E-state index is 0.122. The van der Waals surface area contributed by atoms with E-state index in [1.807, 2.05) is 32.9 Å². The number of hydrogen-bond donors (Lipinski definition) is 1. The molecular formula is C18H27NO3. The highest BCUT2D eigenvalue weighted by atomic mass is 16.6. The van der Waals surface area contributed by atoms with Crippen molar-refractivity contribution in [3.8, 4) is 0 Å². The van der Waals surface area contributed by atoms with E-state index in [2.05, 4.69) is 26.0 Å². The molecule has 1 aromatic carbocycles. The van der Waals surface area contributed by atoms with Gasteiger partial charge in [-0.3, -0.25) is 4.90 Å². The molecule has 1 fully saturated rings. The van der Waals surface area contributed by atoms with Gasteiger partial charge in [-0.2, -0.15) is 0 Å². The van der Waals surface area contributed by atoms with Crippen molar-refractivity contribution < 1.29 is 14.6 Å². The lowest BCUT2D eigenvalue weighted by Gasteiger charge is -2.30. The Labute approximate surface area is 133 Å². The van der Waals surface area contributed by atoms with Crippen LogP contribution in [0.4, 0.5) is 4.79 Å². The van der Waals surface area contributed by atoms with Crippen molar-refractivity contribution in [2.75, 3.05) is 6.54 Å². The van der Waals surface area contributed by atoms with Crippen LogP contribution in [0.2, 0.25) is 0 Å². The predicted molar refractivity (Wildman–Crippen MR) is 86.8 cm³/mol. The van der Waals surface area contributed by atoms with Gasteiger partial charge in [0.1, 0.15) is 5.60 Å². The van der Waals surface area contributed by atoms with Crippen molar-refractivity contribution in [3.63, 3.8) is 0 Å². The lowest BCUT2D eigenvalue weighted by molar-refractivity contribution is 0.0206. The summed E-state index contributed by atoms with van der Waals surface area (Å²) in [7, 11) is 0. The Bertz CT molecular complexity index is 533. The first-order chi connectivity index (χ1) is 10.2. The molecule has 1 heterocycles. The Morgan fingerprint density at radius 3 is 2.55 bits per heavy atom. The normalized spacial score (nSPS) is 22.2. The number of amides is 1. The molecular weight excluding hydrogens is 278 g/mol. The Kier molecular flexibility index (Phi) is 4.81. The van der Waals surface area contributed by atoms with Gasteiger partial charge in [-0.25, -0.2) is 4.79 Å². The van der Waals surface area contributed by atoms with Crippen LogP contribution in [0.5, 0.6) is 0 Å². The van der Waals surface area contributed by atoms with E-state index in [0.29, 0.717) is 18.9 Å². The van der Waals surface area contributed by atoms with Crippen LogP contribution in [-0.4, -0.2) is 34.3 Å². The van der Waals surface area contributed by atoms with Crippen LogP contribution >= 0.6 is 0 Å². The molecule has 0 aromatic heterocycles. The van der Waals surface area contributed by atoms with Crippen LogP contribution in [0.1, 0.15) is 64.1 Å². The van der Waals surface area contributed by atoms with Gasteiger partial charge >= 0.3 is 6.09 Å². The van der Waals surface area contributed by atoms with E-state index in [-0.39, 0.29) is 12.1 Å². The number of ether oxygens (including phenoxy) is 1. The number of nitrogens with zero attached hydrogens (tertiary/aromatic N) is 1. The largest absolute Gasteiger partial charge is 0.444 e. The van der Waals surface area contributed by atoms with Crippen LogP contribution < -0.4 is 0 Å². The fourth-order valence-electron chi connectivity index (χ4n) is 2.97. The number of benzene rings is 1. The summed E-state index contributed by atoms with van der Waals surface area (Å²) in [6.45, 7) is 10.2. The van der Waals surface area contributed by atoms with Gasteiger partial charge in [0.2, 0.25) is 0 Å². The average Bonchev–Trinajstić information content (AvgIpc) is 2.79. The van der Waals surface area contributed by atoms with E-state index in [1.54, 1.807) is 4.90 Å². The third kappa shape index (κ3) is 3.80. The highest BCUT2D eigenvalue weighted by molar-refractivity contribution is 5.69. The maximum atomic E-state index is 12.5. The number of carbonyl (C=O) groups excluding carboxylic acids is 1. The summed E-state index contributed by atoms with van der Waals surface area (Å²) in [4.78, 5) is 14.1. The molecule has 0 bridgehead atoms. The molecule has 0 spiro atoms. The van der Waals surface area contributed by atoms with Crippen LogP contribution in [0.3, 0.4) is 0 Å². The molecule has 1 N–H and O–H groups in total. The van der Waals surface area contributed by atoms with Crippen molar-refractivity contribution in [1.82, 2.24) is 4.90 Å². The molecule has 0 unspecified atom stereocenters. The number of likely N-dealkylation sites (tertiary alicyclic amines) is 1. The smallest absolute Gasteiger partial charge is 0.410 e. The summed E-state index contributed by atoms with van der Waals surface area (Å²) in [6, 6.07) is 8.03. The maximum Gasteiger partial charge on any atom is 0.410 e. The first-order valence-electron chi connectivity index (χ1n) is 7.95. The van der Waals surface area contributed by atoms with E-state index in [9.17, 15) is 9.90 Å². The highest BCUT2D eigenvalue weighted by Gasteiger charge is 2.38. The van der Waals surface area contributed by atoms with E-state index < -0.39 is 11.7 Å². The van der Waals surface area contributed by atoms with Crippen LogP contribution in [0.15, 0.2) is 24.3 Å². The SMILES string of the molecule is CC(C)c1ccccc1[C@@H]1C[C@@H](O)CN1C(=O)OC(C)(C)C.